The Morgan fingerprint density at radius 2 is 1.59 bits per heavy atom. The molecule has 2 aromatic carbocycles. The molecule has 0 bridgehead atoms. The van der Waals surface area contributed by atoms with E-state index in [0.29, 0.717) is 10.6 Å². The van der Waals surface area contributed by atoms with Gasteiger partial charge in [0, 0.05) is 5.02 Å². The molecule has 1 aliphatic rings. The Bertz CT molecular complexity index is 1020. The summed E-state index contributed by atoms with van der Waals surface area (Å²) in [6.07, 6.45) is -4.64. The van der Waals surface area contributed by atoms with E-state index < -0.39 is 35.7 Å². The molecule has 0 aromatic heterocycles. The Labute approximate surface area is 204 Å². The number of amides is 1. The fraction of sp³-hybridized carbons (Fsp3) is 0.391. The molecule has 0 aliphatic heterocycles. The van der Waals surface area contributed by atoms with Crippen molar-refractivity contribution in [3.8, 4) is 0 Å². The molecular weight excluding hydrogens is 498 g/mol. The summed E-state index contributed by atoms with van der Waals surface area (Å²) in [4.78, 5) is 21.5. The van der Waals surface area contributed by atoms with Crippen molar-refractivity contribution in [1.82, 2.24) is 0 Å². The minimum atomic E-state index is -4.58. The molecule has 34 heavy (non-hydrogen) atoms. The fourth-order valence-corrected chi connectivity index (χ4v) is 3.84. The van der Waals surface area contributed by atoms with Crippen LogP contribution in [0.3, 0.4) is 0 Å². The highest BCUT2D eigenvalue weighted by molar-refractivity contribution is 6.33. The summed E-state index contributed by atoms with van der Waals surface area (Å²) in [6, 6.07) is 10.4. The topological polar surface area (TPSA) is 107 Å². The van der Waals surface area contributed by atoms with E-state index in [1.165, 1.54) is 36.4 Å². The third-order valence-electron chi connectivity index (χ3n) is 5.71. The second-order valence-electron chi connectivity index (χ2n) is 8.25. The number of nitrogens with one attached hydrogen (secondary N) is 1. The van der Waals surface area contributed by atoms with Gasteiger partial charge in [-0.05, 0) is 61.1 Å². The Morgan fingerprint density at radius 1 is 1.06 bits per heavy atom. The maximum Gasteiger partial charge on any atom is 0.503 e. The molecular formula is C23H24Cl2F3NO5. The molecule has 3 rings (SSSR count). The van der Waals surface area contributed by atoms with Gasteiger partial charge in [-0.2, -0.15) is 13.2 Å². The number of hydrogen-bond donors (Lipinski definition) is 4. The van der Waals surface area contributed by atoms with Crippen LogP contribution in [-0.2, 0) is 10.4 Å². The van der Waals surface area contributed by atoms with Gasteiger partial charge in [-0.1, -0.05) is 48.3 Å². The average molecular weight is 522 g/mol. The van der Waals surface area contributed by atoms with Crippen molar-refractivity contribution < 1.29 is 38.1 Å². The first-order valence-electron chi connectivity index (χ1n) is 10.2. The summed E-state index contributed by atoms with van der Waals surface area (Å²) in [5.74, 6) is -4.16. The number of carboxylic acid groups (broad SMARTS) is 2. The van der Waals surface area contributed by atoms with E-state index in [1.807, 2.05) is 0 Å². The number of halogens is 5. The Morgan fingerprint density at radius 3 is 2.06 bits per heavy atom. The fourth-order valence-electron chi connectivity index (χ4n) is 3.55. The lowest BCUT2D eigenvalue weighted by Crippen LogP contribution is -2.34. The second kappa shape index (κ2) is 10.8. The molecule has 1 unspecified atom stereocenters. The van der Waals surface area contributed by atoms with Gasteiger partial charge in [0.1, 0.15) is 0 Å². The van der Waals surface area contributed by atoms with Gasteiger partial charge in [0.25, 0.3) is 0 Å². The standard InChI is InChI=1S/C22H22Cl2F3NO2.CH2O3/c1-12(22(25,26)27)19(13-3-8-16(23)9-4-13)20(29)28-18-11-15(7-10-17(18)24)21(2,30)14-5-6-14;2-1(3)4/h3-4,7-12,14,19,30H,5-6H2,1-2H3,(H,28,29);(H2,2,3,4)/t12-,19+,21?;/m1./s1. The summed E-state index contributed by atoms with van der Waals surface area (Å²) in [5.41, 5.74) is -0.192. The lowest BCUT2D eigenvalue weighted by Gasteiger charge is -2.27. The smallest absolute Gasteiger partial charge is 0.450 e. The zero-order valence-electron chi connectivity index (χ0n) is 18.2. The van der Waals surface area contributed by atoms with Gasteiger partial charge in [-0.25, -0.2) is 4.79 Å². The number of hydrogen-bond acceptors (Lipinski definition) is 3. The van der Waals surface area contributed by atoms with E-state index in [2.05, 4.69) is 5.32 Å². The molecule has 186 valence electrons. The van der Waals surface area contributed by atoms with Crippen LogP contribution in [0.25, 0.3) is 0 Å². The molecule has 1 saturated carbocycles. The molecule has 1 amide bonds. The monoisotopic (exact) mass is 521 g/mol. The number of carbonyl (C=O) groups excluding carboxylic acids is 1. The van der Waals surface area contributed by atoms with Crippen molar-refractivity contribution in [1.29, 1.82) is 0 Å². The molecule has 4 N–H and O–H groups in total. The van der Waals surface area contributed by atoms with Gasteiger partial charge in [-0.15, -0.1) is 0 Å². The van der Waals surface area contributed by atoms with Crippen LogP contribution < -0.4 is 5.32 Å². The predicted octanol–water partition coefficient (Wildman–Crippen LogP) is 6.75. The molecule has 3 atom stereocenters. The highest BCUT2D eigenvalue weighted by atomic mass is 35.5. The summed E-state index contributed by atoms with van der Waals surface area (Å²) >= 11 is 12.0. The molecule has 6 nitrogen and oxygen atoms in total. The molecule has 1 fully saturated rings. The van der Waals surface area contributed by atoms with Crippen LogP contribution in [0.15, 0.2) is 42.5 Å². The van der Waals surface area contributed by atoms with E-state index in [9.17, 15) is 23.1 Å². The van der Waals surface area contributed by atoms with Crippen molar-refractivity contribution in [2.24, 2.45) is 11.8 Å². The van der Waals surface area contributed by atoms with E-state index in [0.717, 1.165) is 19.8 Å². The van der Waals surface area contributed by atoms with Gasteiger partial charge in [0.05, 0.1) is 28.1 Å². The van der Waals surface area contributed by atoms with Crippen LogP contribution in [0.5, 0.6) is 0 Å². The highest BCUT2D eigenvalue weighted by Crippen LogP contribution is 2.46. The van der Waals surface area contributed by atoms with Crippen LogP contribution in [0, 0.1) is 11.8 Å². The first-order chi connectivity index (χ1) is 15.6. The minimum absolute atomic E-state index is 0.106. The van der Waals surface area contributed by atoms with Gasteiger partial charge in [-0.3, -0.25) is 4.79 Å². The molecule has 0 saturated heterocycles. The highest BCUT2D eigenvalue weighted by Gasteiger charge is 2.45. The lowest BCUT2D eigenvalue weighted by molar-refractivity contribution is -0.178. The van der Waals surface area contributed by atoms with Crippen LogP contribution >= 0.6 is 23.2 Å². The van der Waals surface area contributed by atoms with Crippen molar-refractivity contribution in [2.45, 2.75) is 44.4 Å². The van der Waals surface area contributed by atoms with Gasteiger partial charge >= 0.3 is 12.3 Å². The molecule has 2 aromatic rings. The van der Waals surface area contributed by atoms with E-state index in [-0.39, 0.29) is 22.2 Å². The number of rotatable bonds is 6. The van der Waals surface area contributed by atoms with Crippen molar-refractivity contribution in [3.63, 3.8) is 0 Å². The molecule has 0 spiro atoms. The van der Waals surface area contributed by atoms with Gasteiger partial charge in [0.15, 0.2) is 0 Å². The second-order valence-corrected chi connectivity index (χ2v) is 9.09. The average Bonchev–Trinajstić information content (AvgIpc) is 3.56. The first kappa shape index (κ1) is 27.8. The third kappa shape index (κ3) is 7.25. The van der Waals surface area contributed by atoms with E-state index >= 15 is 0 Å². The van der Waals surface area contributed by atoms with Crippen LogP contribution in [0.1, 0.15) is 43.7 Å². The summed E-state index contributed by atoms with van der Waals surface area (Å²) in [7, 11) is 0. The van der Waals surface area contributed by atoms with Crippen LogP contribution in [0.4, 0.5) is 23.7 Å². The Hall–Kier alpha value is -2.49. The molecule has 11 heteroatoms. The number of alkyl halides is 3. The van der Waals surface area contributed by atoms with Crippen molar-refractivity contribution >= 4 is 41.0 Å². The van der Waals surface area contributed by atoms with Crippen molar-refractivity contribution in [2.75, 3.05) is 5.32 Å². The molecule has 0 heterocycles. The predicted molar refractivity (Wildman–Crippen MR) is 122 cm³/mol. The van der Waals surface area contributed by atoms with E-state index in [1.54, 1.807) is 13.0 Å². The summed E-state index contributed by atoms with van der Waals surface area (Å²) in [5, 5.41) is 27.8. The molecule has 1 aliphatic carbocycles. The van der Waals surface area contributed by atoms with Crippen LogP contribution in [-0.4, -0.2) is 33.6 Å². The van der Waals surface area contributed by atoms with Gasteiger partial charge in [0.2, 0.25) is 5.91 Å². The number of aliphatic hydroxyl groups is 1. The maximum atomic E-state index is 13.5. The Balaban J connectivity index is 0.000000945. The van der Waals surface area contributed by atoms with E-state index in [4.69, 9.17) is 38.2 Å². The number of carbonyl (C=O) groups is 2. The number of anilines is 1. The maximum absolute atomic E-state index is 13.5. The SMILES string of the molecule is C[C@H]([C@H](C(=O)Nc1cc(C(C)(O)C2CC2)ccc1Cl)c1ccc(Cl)cc1)C(F)(F)F.O=C(O)O. The summed E-state index contributed by atoms with van der Waals surface area (Å²) in [6.45, 7) is 2.65. The minimum Gasteiger partial charge on any atom is -0.450 e. The van der Waals surface area contributed by atoms with Gasteiger partial charge < -0.3 is 20.6 Å². The summed E-state index contributed by atoms with van der Waals surface area (Å²) < 4.78 is 40.5. The van der Waals surface area contributed by atoms with Crippen LogP contribution in [0.2, 0.25) is 10.0 Å². The van der Waals surface area contributed by atoms with Crippen molar-refractivity contribution in [3.05, 3.63) is 63.6 Å². The normalized spacial score (nSPS) is 16.9. The Kier molecular flexibility index (Phi) is 8.85. The first-order valence-corrected chi connectivity index (χ1v) is 11.0. The number of benzene rings is 2. The quantitative estimate of drug-likeness (QED) is 0.336. The molecule has 0 radical (unpaired) electrons. The zero-order chi connectivity index (χ0) is 25.8. The largest absolute Gasteiger partial charge is 0.503 e. The lowest BCUT2D eigenvalue weighted by atomic mass is 9.85. The zero-order valence-corrected chi connectivity index (χ0v) is 19.7. The third-order valence-corrected chi connectivity index (χ3v) is 6.29.